The molecule has 0 bridgehead atoms. The third-order valence-corrected chi connectivity index (χ3v) is 6.26. The standard InChI is InChI=1S/C13H21N3O3S2/c1-16(2)11(12-4-3-6-20-12)8-14-13(17)15-10-5-7-21(18,19)9-10/h3-4,6,10-11H,5,7-9H2,1-2H3,(H2,14,15,17)/t10-,11-/m1/s1. The van der Waals surface area contributed by atoms with Gasteiger partial charge in [0, 0.05) is 17.5 Å². The summed E-state index contributed by atoms with van der Waals surface area (Å²) < 4.78 is 22.7. The Bertz CT molecular complexity index is 569. The number of thiophene rings is 1. The predicted molar refractivity (Wildman–Crippen MR) is 84.3 cm³/mol. The van der Waals surface area contributed by atoms with Gasteiger partial charge in [-0.05, 0) is 32.0 Å². The quantitative estimate of drug-likeness (QED) is 0.838. The molecule has 0 spiro atoms. The third kappa shape index (κ3) is 4.69. The highest BCUT2D eigenvalue weighted by molar-refractivity contribution is 7.91. The fourth-order valence-electron chi connectivity index (χ4n) is 2.35. The zero-order valence-corrected chi connectivity index (χ0v) is 13.8. The second-order valence-electron chi connectivity index (χ2n) is 5.45. The number of urea groups is 1. The van der Waals surface area contributed by atoms with Gasteiger partial charge >= 0.3 is 6.03 Å². The molecule has 2 atom stereocenters. The van der Waals surface area contributed by atoms with Gasteiger partial charge < -0.3 is 15.5 Å². The molecule has 1 aromatic heterocycles. The maximum Gasteiger partial charge on any atom is 0.315 e. The van der Waals surface area contributed by atoms with E-state index in [1.165, 1.54) is 4.88 Å². The van der Waals surface area contributed by atoms with Crippen LogP contribution in [-0.4, -0.2) is 57.5 Å². The van der Waals surface area contributed by atoms with Gasteiger partial charge in [-0.25, -0.2) is 13.2 Å². The lowest BCUT2D eigenvalue weighted by Gasteiger charge is -2.24. The first-order valence-corrected chi connectivity index (χ1v) is 9.52. The highest BCUT2D eigenvalue weighted by Gasteiger charge is 2.29. The summed E-state index contributed by atoms with van der Waals surface area (Å²) in [4.78, 5) is 15.1. The van der Waals surface area contributed by atoms with Crippen molar-refractivity contribution in [1.82, 2.24) is 15.5 Å². The van der Waals surface area contributed by atoms with Gasteiger partial charge in [0.05, 0.1) is 17.5 Å². The number of likely N-dealkylation sites (N-methyl/N-ethyl adjacent to an activating group) is 1. The van der Waals surface area contributed by atoms with Crippen molar-refractivity contribution in [1.29, 1.82) is 0 Å². The van der Waals surface area contributed by atoms with Crippen molar-refractivity contribution in [2.75, 3.05) is 32.1 Å². The van der Waals surface area contributed by atoms with Crippen LogP contribution in [0.4, 0.5) is 4.79 Å². The van der Waals surface area contributed by atoms with E-state index in [2.05, 4.69) is 10.6 Å². The first-order chi connectivity index (χ1) is 9.87. The normalized spacial score (nSPS) is 22.1. The van der Waals surface area contributed by atoms with Crippen molar-refractivity contribution in [3.05, 3.63) is 22.4 Å². The predicted octanol–water partition coefficient (Wildman–Crippen LogP) is 0.837. The van der Waals surface area contributed by atoms with E-state index in [0.29, 0.717) is 13.0 Å². The summed E-state index contributed by atoms with van der Waals surface area (Å²) in [5.74, 6) is 0.204. The molecule has 0 aliphatic carbocycles. The van der Waals surface area contributed by atoms with Gasteiger partial charge in [0.1, 0.15) is 0 Å². The van der Waals surface area contributed by atoms with E-state index >= 15 is 0 Å². The average Bonchev–Trinajstić information content (AvgIpc) is 2.99. The van der Waals surface area contributed by atoms with Crippen molar-refractivity contribution in [2.45, 2.75) is 18.5 Å². The van der Waals surface area contributed by atoms with Gasteiger partial charge in [0.2, 0.25) is 0 Å². The average molecular weight is 331 g/mol. The summed E-state index contributed by atoms with van der Waals surface area (Å²) >= 11 is 1.65. The summed E-state index contributed by atoms with van der Waals surface area (Å²) in [5, 5.41) is 7.57. The number of rotatable bonds is 5. The second-order valence-corrected chi connectivity index (χ2v) is 8.66. The largest absolute Gasteiger partial charge is 0.336 e. The van der Waals surface area contributed by atoms with Crippen molar-refractivity contribution in [3.8, 4) is 0 Å². The molecule has 21 heavy (non-hydrogen) atoms. The van der Waals surface area contributed by atoms with Gasteiger partial charge in [-0.2, -0.15) is 0 Å². The summed E-state index contributed by atoms with van der Waals surface area (Å²) in [6.45, 7) is 0.485. The number of amides is 2. The zero-order valence-electron chi connectivity index (χ0n) is 12.2. The summed E-state index contributed by atoms with van der Waals surface area (Å²) in [5.41, 5.74) is 0. The van der Waals surface area contributed by atoms with Crippen LogP contribution in [0.15, 0.2) is 17.5 Å². The van der Waals surface area contributed by atoms with Gasteiger partial charge in [-0.3, -0.25) is 0 Å². The molecule has 0 saturated carbocycles. The van der Waals surface area contributed by atoms with Crippen molar-refractivity contribution in [2.24, 2.45) is 0 Å². The minimum atomic E-state index is -2.97. The molecule has 0 unspecified atom stereocenters. The van der Waals surface area contributed by atoms with E-state index < -0.39 is 9.84 Å². The van der Waals surface area contributed by atoms with Crippen LogP contribution in [0, 0.1) is 0 Å². The smallest absolute Gasteiger partial charge is 0.315 e. The van der Waals surface area contributed by atoms with Crippen molar-refractivity contribution in [3.63, 3.8) is 0 Å². The van der Waals surface area contributed by atoms with Crippen LogP contribution >= 0.6 is 11.3 Å². The molecule has 0 radical (unpaired) electrons. The highest BCUT2D eigenvalue weighted by atomic mass is 32.2. The van der Waals surface area contributed by atoms with E-state index in [1.54, 1.807) is 11.3 Å². The first-order valence-electron chi connectivity index (χ1n) is 6.82. The van der Waals surface area contributed by atoms with Gasteiger partial charge in [0.25, 0.3) is 0 Å². The molecule has 1 aliphatic rings. The highest BCUT2D eigenvalue weighted by Crippen LogP contribution is 2.22. The van der Waals surface area contributed by atoms with Crippen molar-refractivity contribution < 1.29 is 13.2 Å². The van der Waals surface area contributed by atoms with Crippen LogP contribution in [0.5, 0.6) is 0 Å². The maximum atomic E-state index is 11.9. The van der Waals surface area contributed by atoms with Crippen LogP contribution in [0.25, 0.3) is 0 Å². The van der Waals surface area contributed by atoms with Crippen LogP contribution in [0.3, 0.4) is 0 Å². The number of nitrogens with one attached hydrogen (secondary N) is 2. The Labute approximate surface area is 129 Å². The molecule has 1 aliphatic heterocycles. The lowest BCUT2D eigenvalue weighted by atomic mass is 10.2. The molecule has 8 heteroatoms. The van der Waals surface area contributed by atoms with Gasteiger partial charge in [0.15, 0.2) is 9.84 Å². The van der Waals surface area contributed by atoms with E-state index in [9.17, 15) is 13.2 Å². The molecule has 2 heterocycles. The number of hydrogen-bond donors (Lipinski definition) is 2. The lowest BCUT2D eigenvalue weighted by Crippen LogP contribution is -2.45. The summed E-state index contributed by atoms with van der Waals surface area (Å²) in [6.07, 6.45) is 0.498. The maximum absolute atomic E-state index is 11.9. The Kier molecular flexibility index (Phi) is 5.23. The fraction of sp³-hybridized carbons (Fsp3) is 0.615. The molecule has 1 fully saturated rings. The van der Waals surface area contributed by atoms with E-state index in [0.717, 1.165) is 0 Å². The topological polar surface area (TPSA) is 78.5 Å². The van der Waals surface area contributed by atoms with E-state index in [1.807, 2.05) is 36.5 Å². The fourth-order valence-corrected chi connectivity index (χ4v) is 4.95. The molecule has 2 rings (SSSR count). The number of nitrogens with zero attached hydrogens (tertiary/aromatic N) is 1. The Morgan fingerprint density at radius 3 is 2.81 bits per heavy atom. The lowest BCUT2D eigenvalue weighted by molar-refractivity contribution is 0.230. The third-order valence-electron chi connectivity index (χ3n) is 3.52. The molecule has 1 saturated heterocycles. The van der Waals surface area contributed by atoms with Crippen LogP contribution in [0.2, 0.25) is 0 Å². The monoisotopic (exact) mass is 331 g/mol. The van der Waals surface area contributed by atoms with Crippen LogP contribution in [-0.2, 0) is 9.84 Å². The number of carbonyl (C=O) groups excluding carboxylic acids is 1. The minimum absolute atomic E-state index is 0.0441. The van der Waals surface area contributed by atoms with Gasteiger partial charge in [-0.1, -0.05) is 6.07 Å². The molecule has 2 N–H and O–H groups in total. The molecular weight excluding hydrogens is 310 g/mol. The minimum Gasteiger partial charge on any atom is -0.336 e. The zero-order chi connectivity index (χ0) is 15.5. The summed E-state index contributed by atoms with van der Waals surface area (Å²) in [7, 11) is 0.961. The number of carbonyl (C=O) groups is 1. The van der Waals surface area contributed by atoms with Crippen molar-refractivity contribution >= 4 is 27.2 Å². The number of hydrogen-bond acceptors (Lipinski definition) is 5. The first kappa shape index (κ1) is 16.3. The number of sulfone groups is 1. The Morgan fingerprint density at radius 1 is 1.52 bits per heavy atom. The van der Waals surface area contributed by atoms with Crippen LogP contribution in [0.1, 0.15) is 17.3 Å². The summed E-state index contributed by atoms with van der Waals surface area (Å²) in [6, 6.07) is 3.57. The van der Waals surface area contributed by atoms with E-state index in [4.69, 9.17) is 0 Å². The van der Waals surface area contributed by atoms with E-state index in [-0.39, 0.29) is 29.6 Å². The molecule has 2 amide bonds. The van der Waals surface area contributed by atoms with Gasteiger partial charge in [-0.15, -0.1) is 11.3 Å². The second kappa shape index (κ2) is 6.76. The molecule has 6 nitrogen and oxygen atoms in total. The van der Waals surface area contributed by atoms with Crippen LogP contribution < -0.4 is 10.6 Å². The molecular formula is C13H21N3O3S2. The molecule has 118 valence electrons. The Balaban J connectivity index is 1.83. The molecule has 0 aromatic carbocycles. The molecule has 1 aromatic rings. The Hall–Kier alpha value is -1.12. The Morgan fingerprint density at radius 2 is 2.29 bits per heavy atom. The SMILES string of the molecule is CN(C)[C@H](CNC(=O)N[C@@H]1CCS(=O)(=O)C1)c1cccs1.